The van der Waals surface area contributed by atoms with Crippen molar-refractivity contribution in [3.05, 3.63) is 91.8 Å². The van der Waals surface area contributed by atoms with Gasteiger partial charge in [-0.15, -0.1) is 0 Å². The van der Waals surface area contributed by atoms with Gasteiger partial charge in [-0.2, -0.15) is 0 Å². The van der Waals surface area contributed by atoms with E-state index < -0.39 is 5.63 Å². The monoisotopic (exact) mass is 525 g/mol. The minimum atomic E-state index is -0.522. The van der Waals surface area contributed by atoms with Gasteiger partial charge < -0.3 is 19.2 Å². The molecule has 3 aromatic carbocycles. The summed E-state index contributed by atoms with van der Waals surface area (Å²) in [6, 6.07) is 16.3. The van der Waals surface area contributed by atoms with Crippen molar-refractivity contribution in [2.24, 2.45) is 0 Å². The van der Waals surface area contributed by atoms with Gasteiger partial charge in [0.15, 0.2) is 0 Å². The number of phenolic OH excluding ortho intramolecular Hbond substituents is 1. The van der Waals surface area contributed by atoms with Gasteiger partial charge in [0.05, 0.1) is 10.6 Å². The molecule has 7 heteroatoms. The van der Waals surface area contributed by atoms with Crippen LogP contribution in [0.2, 0.25) is 10.0 Å². The summed E-state index contributed by atoms with van der Waals surface area (Å²) in [6.07, 6.45) is 1.57. The first-order valence-corrected chi connectivity index (χ1v) is 12.7. The third kappa shape index (κ3) is 5.70. The van der Waals surface area contributed by atoms with E-state index in [0.29, 0.717) is 45.3 Å². The zero-order valence-electron chi connectivity index (χ0n) is 20.6. The fourth-order valence-corrected chi connectivity index (χ4v) is 4.82. The van der Waals surface area contributed by atoms with E-state index in [-0.39, 0.29) is 5.75 Å². The number of nitrogens with zero attached hydrogens (tertiary/aromatic N) is 1. The number of aryl methyl sites for hydroxylation is 1. The summed E-state index contributed by atoms with van der Waals surface area (Å²) in [5, 5.41) is 11.8. The number of likely N-dealkylation sites (N-methyl/N-ethyl adjacent to an activating group) is 1. The molecule has 0 aliphatic rings. The van der Waals surface area contributed by atoms with E-state index in [9.17, 15) is 9.90 Å². The Labute approximate surface area is 220 Å². The minimum Gasteiger partial charge on any atom is -0.508 e. The molecule has 0 amide bonds. The van der Waals surface area contributed by atoms with E-state index >= 15 is 0 Å². The Balaban J connectivity index is 1.72. The molecule has 0 bridgehead atoms. The molecular weight excluding hydrogens is 497 g/mol. The van der Waals surface area contributed by atoms with Crippen molar-refractivity contribution in [2.75, 3.05) is 26.7 Å². The lowest BCUT2D eigenvalue weighted by molar-refractivity contribution is 0.237. The highest BCUT2D eigenvalue weighted by Crippen LogP contribution is 2.37. The molecule has 0 aliphatic heterocycles. The molecule has 0 atom stereocenters. The highest BCUT2D eigenvalue weighted by molar-refractivity contribution is 6.36. The molecule has 1 aromatic heterocycles. The summed E-state index contributed by atoms with van der Waals surface area (Å²) in [6.45, 7) is 6.40. The fraction of sp³-hybridized carbons (Fsp3) is 0.276. The minimum absolute atomic E-state index is 0.0694. The third-order valence-electron chi connectivity index (χ3n) is 6.25. The topological polar surface area (TPSA) is 62.9 Å². The molecule has 0 saturated carbocycles. The number of ether oxygens (including phenoxy) is 1. The van der Waals surface area contributed by atoms with Crippen LogP contribution in [0.1, 0.15) is 30.0 Å². The second-order valence-corrected chi connectivity index (χ2v) is 9.77. The molecule has 0 radical (unpaired) electrons. The van der Waals surface area contributed by atoms with Crippen molar-refractivity contribution in [1.29, 1.82) is 0 Å². The van der Waals surface area contributed by atoms with Gasteiger partial charge in [0, 0.05) is 28.1 Å². The maximum absolute atomic E-state index is 13.3. The molecule has 0 unspecified atom stereocenters. The SMILES string of the molecule is CCCN(C)CCOc1ccc(Cc2c(-c3ccc(Cl)cc3Cl)c(=O)oc3c(C)c(O)ccc23)cc1. The van der Waals surface area contributed by atoms with Crippen LogP contribution in [0, 0.1) is 6.92 Å². The van der Waals surface area contributed by atoms with Gasteiger partial charge in [-0.25, -0.2) is 4.79 Å². The van der Waals surface area contributed by atoms with Crippen molar-refractivity contribution in [3.8, 4) is 22.6 Å². The van der Waals surface area contributed by atoms with Crippen LogP contribution in [0.4, 0.5) is 0 Å². The Morgan fingerprint density at radius 2 is 1.78 bits per heavy atom. The van der Waals surface area contributed by atoms with Gasteiger partial charge in [-0.05, 0) is 80.9 Å². The van der Waals surface area contributed by atoms with E-state index in [2.05, 4.69) is 18.9 Å². The number of benzene rings is 3. The quantitative estimate of drug-likeness (QED) is 0.236. The van der Waals surface area contributed by atoms with E-state index in [0.717, 1.165) is 41.8 Å². The normalized spacial score (nSPS) is 11.4. The highest BCUT2D eigenvalue weighted by Gasteiger charge is 2.21. The van der Waals surface area contributed by atoms with Crippen molar-refractivity contribution in [2.45, 2.75) is 26.7 Å². The van der Waals surface area contributed by atoms with Gasteiger partial charge in [-0.3, -0.25) is 0 Å². The average Bonchev–Trinajstić information content (AvgIpc) is 2.84. The molecule has 4 rings (SSSR count). The predicted molar refractivity (Wildman–Crippen MR) is 147 cm³/mol. The zero-order chi connectivity index (χ0) is 25.8. The molecule has 0 aliphatic carbocycles. The molecule has 1 heterocycles. The van der Waals surface area contributed by atoms with Crippen LogP contribution in [0.15, 0.2) is 63.8 Å². The van der Waals surface area contributed by atoms with Crippen LogP contribution < -0.4 is 10.4 Å². The third-order valence-corrected chi connectivity index (χ3v) is 6.80. The van der Waals surface area contributed by atoms with Crippen molar-refractivity contribution < 1.29 is 14.3 Å². The smallest absolute Gasteiger partial charge is 0.344 e. The molecule has 4 aromatic rings. The molecule has 0 fully saturated rings. The Kier molecular flexibility index (Phi) is 8.24. The number of hydrogen-bond donors (Lipinski definition) is 1. The summed E-state index contributed by atoms with van der Waals surface area (Å²) in [7, 11) is 2.09. The van der Waals surface area contributed by atoms with E-state index in [1.165, 1.54) is 0 Å². The van der Waals surface area contributed by atoms with Crippen LogP contribution in [-0.4, -0.2) is 36.8 Å². The van der Waals surface area contributed by atoms with Crippen LogP contribution >= 0.6 is 23.2 Å². The second-order valence-electron chi connectivity index (χ2n) is 8.93. The Bertz CT molecular complexity index is 1430. The fourth-order valence-electron chi connectivity index (χ4n) is 4.32. The lowest BCUT2D eigenvalue weighted by Crippen LogP contribution is -2.24. The standard InChI is InChI=1S/C29H29Cl2NO4/c1-4-13-32(3)14-15-35-21-8-5-19(6-9-21)16-24-22-11-12-26(33)18(2)28(22)36-29(34)27(24)23-10-7-20(30)17-25(23)31/h5-12,17,33H,4,13-16H2,1-3H3. The second kappa shape index (κ2) is 11.4. The Morgan fingerprint density at radius 1 is 1.03 bits per heavy atom. The lowest BCUT2D eigenvalue weighted by Gasteiger charge is -2.16. The number of halogens is 2. The maximum atomic E-state index is 13.3. The average molecular weight is 526 g/mol. The van der Waals surface area contributed by atoms with E-state index in [1.54, 1.807) is 37.3 Å². The number of fused-ring (bicyclic) bond motifs is 1. The number of phenols is 1. The lowest BCUT2D eigenvalue weighted by atomic mass is 9.92. The van der Waals surface area contributed by atoms with E-state index in [4.69, 9.17) is 32.4 Å². The number of rotatable bonds is 9. The van der Waals surface area contributed by atoms with Crippen LogP contribution in [0.3, 0.4) is 0 Å². The largest absolute Gasteiger partial charge is 0.508 e. The van der Waals surface area contributed by atoms with Crippen molar-refractivity contribution >= 4 is 34.2 Å². The van der Waals surface area contributed by atoms with Gasteiger partial charge in [0.25, 0.3) is 0 Å². The summed E-state index contributed by atoms with van der Waals surface area (Å²) < 4.78 is 11.6. The number of hydrogen-bond acceptors (Lipinski definition) is 5. The summed E-state index contributed by atoms with van der Waals surface area (Å²) in [5.74, 6) is 0.864. The number of aromatic hydroxyl groups is 1. The van der Waals surface area contributed by atoms with Gasteiger partial charge in [0.2, 0.25) is 0 Å². The molecule has 5 nitrogen and oxygen atoms in total. The van der Waals surface area contributed by atoms with Crippen LogP contribution in [0.25, 0.3) is 22.1 Å². The molecule has 0 saturated heterocycles. The molecule has 36 heavy (non-hydrogen) atoms. The summed E-state index contributed by atoms with van der Waals surface area (Å²) in [5.41, 5.74) is 3.04. The first-order valence-electron chi connectivity index (χ1n) is 11.9. The zero-order valence-corrected chi connectivity index (χ0v) is 22.1. The van der Waals surface area contributed by atoms with Gasteiger partial charge in [-0.1, -0.05) is 48.3 Å². The molecule has 188 valence electrons. The highest BCUT2D eigenvalue weighted by atomic mass is 35.5. The summed E-state index contributed by atoms with van der Waals surface area (Å²) in [4.78, 5) is 15.5. The van der Waals surface area contributed by atoms with Crippen LogP contribution in [0.5, 0.6) is 11.5 Å². The van der Waals surface area contributed by atoms with Gasteiger partial charge >= 0.3 is 5.63 Å². The maximum Gasteiger partial charge on any atom is 0.344 e. The van der Waals surface area contributed by atoms with Crippen LogP contribution in [-0.2, 0) is 6.42 Å². The van der Waals surface area contributed by atoms with Crippen molar-refractivity contribution in [1.82, 2.24) is 4.90 Å². The molecular formula is C29H29Cl2NO4. The van der Waals surface area contributed by atoms with Crippen molar-refractivity contribution in [3.63, 3.8) is 0 Å². The van der Waals surface area contributed by atoms with Gasteiger partial charge in [0.1, 0.15) is 23.7 Å². The van der Waals surface area contributed by atoms with E-state index in [1.807, 2.05) is 24.3 Å². The first-order chi connectivity index (χ1) is 17.3. The molecule has 1 N–H and O–H groups in total. The predicted octanol–water partition coefficient (Wildman–Crippen LogP) is 7.09. The first kappa shape index (κ1) is 26.1. The Hall–Kier alpha value is -2.99. The Morgan fingerprint density at radius 3 is 2.47 bits per heavy atom. The summed E-state index contributed by atoms with van der Waals surface area (Å²) >= 11 is 12.6. The molecule has 0 spiro atoms.